The fraction of sp³-hybridized carbons (Fsp3) is 0.933. The van der Waals surface area contributed by atoms with E-state index in [1.165, 1.54) is 89.9 Å². The molecule has 0 bridgehead atoms. The molecule has 37 heavy (non-hydrogen) atoms. The molecule has 1 aliphatic heterocycles. The zero-order valence-corrected chi connectivity index (χ0v) is 25.4. The number of aliphatic hydroxyl groups excluding tert-OH is 2. The highest BCUT2D eigenvalue weighted by Crippen LogP contribution is 2.23. The average molecular weight is 561 g/mol. The van der Waals surface area contributed by atoms with Crippen LogP contribution in [0, 0.1) is 0 Å². The minimum Gasteiger partial charge on any atom is -0.484 e. The van der Waals surface area contributed by atoms with E-state index in [0.29, 0.717) is 16.5 Å². The lowest BCUT2D eigenvalue weighted by molar-refractivity contribution is -0.0620. The number of hydrogen-bond donors (Lipinski definition) is 2. The zero-order chi connectivity index (χ0) is 27.1. The van der Waals surface area contributed by atoms with Crippen molar-refractivity contribution >= 4 is 34.5 Å². The number of aliphatic hydroxyl groups is 2. The lowest BCUT2D eigenvalue weighted by Gasteiger charge is -2.26. The van der Waals surface area contributed by atoms with Gasteiger partial charge in [-0.05, 0) is 37.3 Å². The van der Waals surface area contributed by atoms with E-state index >= 15 is 0 Å². The van der Waals surface area contributed by atoms with Crippen LogP contribution in [-0.4, -0.2) is 57.9 Å². The van der Waals surface area contributed by atoms with Crippen LogP contribution in [0.2, 0.25) is 0 Å². The van der Waals surface area contributed by atoms with Gasteiger partial charge in [0, 0.05) is 12.8 Å². The molecule has 7 heteroatoms. The second kappa shape index (κ2) is 23.5. The summed E-state index contributed by atoms with van der Waals surface area (Å²) in [5.74, 6) is 0. The molecule has 1 fully saturated rings. The molecule has 2 N–H and O–H groups in total. The second-order valence-electron chi connectivity index (χ2n) is 10.7. The maximum atomic E-state index is 10.6. The molecule has 0 aromatic heterocycles. The topological polar surface area (TPSA) is 68.2 Å². The van der Waals surface area contributed by atoms with E-state index < -0.39 is 24.4 Å². The van der Waals surface area contributed by atoms with Crippen molar-refractivity contribution in [3.8, 4) is 0 Å². The molecular formula is C30H56O5S2. The summed E-state index contributed by atoms with van der Waals surface area (Å²) in [4.78, 5) is 0. The quantitative estimate of drug-likeness (QED) is 0.0915. The maximum absolute atomic E-state index is 10.6. The van der Waals surface area contributed by atoms with Gasteiger partial charge in [0.1, 0.15) is 24.9 Å². The first kappa shape index (κ1) is 34.7. The summed E-state index contributed by atoms with van der Waals surface area (Å²) in [6.45, 7) is 4.65. The molecule has 1 saturated heterocycles. The Bertz CT molecular complexity index is 574. The van der Waals surface area contributed by atoms with Gasteiger partial charge in [-0.1, -0.05) is 117 Å². The molecule has 0 radical (unpaired) electrons. The summed E-state index contributed by atoms with van der Waals surface area (Å²) >= 11 is 10.8. The minimum absolute atomic E-state index is 0.0402. The molecular weight excluding hydrogens is 504 g/mol. The zero-order valence-electron chi connectivity index (χ0n) is 23.8. The van der Waals surface area contributed by atoms with Gasteiger partial charge >= 0.3 is 0 Å². The van der Waals surface area contributed by atoms with Crippen molar-refractivity contribution < 1.29 is 24.4 Å². The second-order valence-corrected chi connectivity index (χ2v) is 11.6. The van der Waals surface area contributed by atoms with E-state index in [4.69, 9.17) is 38.6 Å². The standard InChI is InChI=1S/C30H56O5S2/c1-3-5-7-9-11-13-15-17-19-21-27(36)33-23-25(31)29-30(26(32)24-34-29)35-28(37)22-20-18-16-14-12-10-8-6-4-2/h25-26,29-32H,3-24H2,1-2H3/t25-,26+,29-,30-/m0/s1. The van der Waals surface area contributed by atoms with E-state index in [-0.39, 0.29) is 13.2 Å². The highest BCUT2D eigenvalue weighted by molar-refractivity contribution is 7.80. The van der Waals surface area contributed by atoms with Gasteiger partial charge in [-0.15, -0.1) is 0 Å². The molecule has 0 unspecified atom stereocenters. The van der Waals surface area contributed by atoms with Crippen molar-refractivity contribution in [3.05, 3.63) is 0 Å². The highest BCUT2D eigenvalue weighted by Gasteiger charge is 2.43. The Morgan fingerprint density at radius 1 is 0.730 bits per heavy atom. The molecule has 0 amide bonds. The first-order chi connectivity index (χ1) is 18.0. The van der Waals surface area contributed by atoms with E-state index in [1.54, 1.807) is 0 Å². The maximum Gasteiger partial charge on any atom is 0.160 e. The molecule has 0 aromatic carbocycles. The smallest absolute Gasteiger partial charge is 0.160 e. The third-order valence-corrected chi connectivity index (χ3v) is 7.82. The van der Waals surface area contributed by atoms with Gasteiger partial charge in [0.2, 0.25) is 0 Å². The van der Waals surface area contributed by atoms with Crippen LogP contribution in [-0.2, 0) is 14.2 Å². The van der Waals surface area contributed by atoms with Crippen LogP contribution in [0.15, 0.2) is 0 Å². The average Bonchev–Trinajstić information content (AvgIpc) is 3.25. The van der Waals surface area contributed by atoms with Crippen molar-refractivity contribution in [2.45, 2.75) is 167 Å². The molecule has 0 saturated carbocycles. The van der Waals surface area contributed by atoms with Crippen LogP contribution in [0.5, 0.6) is 0 Å². The van der Waals surface area contributed by atoms with Gasteiger partial charge in [-0.2, -0.15) is 0 Å². The molecule has 4 atom stereocenters. The van der Waals surface area contributed by atoms with Crippen LogP contribution in [0.1, 0.15) is 142 Å². The van der Waals surface area contributed by atoms with Crippen LogP contribution in [0.4, 0.5) is 0 Å². The van der Waals surface area contributed by atoms with Gasteiger partial charge in [-0.25, -0.2) is 0 Å². The predicted octanol–water partition coefficient (Wildman–Crippen LogP) is 8.01. The summed E-state index contributed by atoms with van der Waals surface area (Å²) in [7, 11) is 0. The van der Waals surface area contributed by atoms with Crippen molar-refractivity contribution in [1.82, 2.24) is 0 Å². The number of hydrogen-bond acceptors (Lipinski definition) is 7. The molecule has 0 aliphatic carbocycles. The first-order valence-electron chi connectivity index (χ1n) is 15.3. The predicted molar refractivity (Wildman–Crippen MR) is 161 cm³/mol. The summed E-state index contributed by atoms with van der Waals surface area (Å²) in [5, 5.41) is 22.0. The van der Waals surface area contributed by atoms with Crippen molar-refractivity contribution in [1.29, 1.82) is 0 Å². The molecule has 5 nitrogen and oxygen atoms in total. The Labute approximate surface area is 238 Å². The van der Waals surface area contributed by atoms with Gasteiger partial charge in [-0.3, -0.25) is 0 Å². The number of thiocarbonyl (C=S) groups is 2. The van der Waals surface area contributed by atoms with E-state index in [1.807, 2.05) is 0 Å². The van der Waals surface area contributed by atoms with E-state index in [2.05, 4.69) is 13.8 Å². The van der Waals surface area contributed by atoms with Crippen molar-refractivity contribution in [3.63, 3.8) is 0 Å². The van der Waals surface area contributed by atoms with E-state index in [9.17, 15) is 10.2 Å². The highest BCUT2D eigenvalue weighted by atomic mass is 32.1. The Morgan fingerprint density at radius 2 is 1.16 bits per heavy atom. The van der Waals surface area contributed by atoms with Crippen molar-refractivity contribution in [2.24, 2.45) is 0 Å². The summed E-state index contributed by atoms with van der Waals surface area (Å²) < 4.78 is 17.1. The number of ether oxygens (including phenoxy) is 3. The van der Waals surface area contributed by atoms with Crippen LogP contribution < -0.4 is 0 Å². The largest absolute Gasteiger partial charge is 0.484 e. The molecule has 1 rings (SSSR count). The van der Waals surface area contributed by atoms with Gasteiger partial charge in [0.15, 0.2) is 16.2 Å². The third kappa shape index (κ3) is 17.8. The molecule has 1 aliphatic rings. The van der Waals surface area contributed by atoms with Gasteiger partial charge < -0.3 is 24.4 Å². The number of rotatable bonds is 24. The fourth-order valence-corrected chi connectivity index (χ4v) is 5.28. The third-order valence-electron chi connectivity index (χ3n) is 7.19. The van der Waals surface area contributed by atoms with Gasteiger partial charge in [0.25, 0.3) is 0 Å². The van der Waals surface area contributed by atoms with Crippen LogP contribution >= 0.6 is 24.4 Å². The molecule has 0 aromatic rings. The van der Waals surface area contributed by atoms with Crippen LogP contribution in [0.3, 0.4) is 0 Å². The summed E-state index contributed by atoms with van der Waals surface area (Å²) in [5.41, 5.74) is 0. The SMILES string of the molecule is CCCCCCCCCCCC(=S)OC[C@H](O)[C@@H]1OC[C@@H](O)[C@@H]1OC(=S)CCCCCCCCCCC. The van der Waals surface area contributed by atoms with Crippen LogP contribution in [0.25, 0.3) is 0 Å². The first-order valence-corrected chi connectivity index (χ1v) is 16.1. The molecule has 1 heterocycles. The fourth-order valence-electron chi connectivity index (χ4n) is 4.81. The lowest BCUT2D eigenvalue weighted by atomic mass is 10.1. The minimum atomic E-state index is -0.932. The number of unbranched alkanes of at least 4 members (excludes halogenated alkanes) is 16. The Hall–Kier alpha value is -0.340. The molecule has 0 spiro atoms. The summed E-state index contributed by atoms with van der Waals surface area (Å²) in [6, 6.07) is 0. The monoisotopic (exact) mass is 560 g/mol. The Balaban J connectivity index is 2.15. The van der Waals surface area contributed by atoms with Gasteiger partial charge in [0.05, 0.1) is 6.61 Å². The lowest BCUT2D eigenvalue weighted by Crippen LogP contribution is -2.43. The molecule has 218 valence electrons. The normalized spacial score (nSPS) is 20.2. The Kier molecular flexibility index (Phi) is 22.1. The van der Waals surface area contributed by atoms with Crippen molar-refractivity contribution in [2.75, 3.05) is 13.2 Å². The van der Waals surface area contributed by atoms with E-state index in [0.717, 1.165) is 32.1 Å². The Morgan fingerprint density at radius 3 is 1.65 bits per heavy atom. The summed E-state index contributed by atoms with van der Waals surface area (Å²) in [6.07, 6.45) is 21.0.